The van der Waals surface area contributed by atoms with E-state index in [4.69, 9.17) is 0 Å². The first-order chi connectivity index (χ1) is 2.50. The van der Waals surface area contributed by atoms with Gasteiger partial charge in [0.05, 0.1) is 0 Å². The molecule has 5 heavy (non-hydrogen) atoms. The van der Waals surface area contributed by atoms with Gasteiger partial charge < -0.3 is 0 Å². The summed E-state index contributed by atoms with van der Waals surface area (Å²) in [6.45, 7) is 1.09. The maximum Gasteiger partial charge on any atom is 0.0123 e. The summed E-state index contributed by atoms with van der Waals surface area (Å²) in [6.07, 6.45) is 2.21. The van der Waals surface area contributed by atoms with Crippen LogP contribution in [0.25, 0.3) is 0 Å². The molecule has 0 aromatic carbocycles. The van der Waals surface area contributed by atoms with Crippen LogP contribution in [0.15, 0.2) is 0 Å². The lowest BCUT2D eigenvalue weighted by atomic mass is 10.5. The Labute approximate surface area is 36.3 Å². The van der Waals surface area contributed by atoms with E-state index in [0.717, 1.165) is 6.54 Å². The molecule has 1 fully saturated rings. The maximum absolute atomic E-state index is 3.08. The monoisotopic (exact) mass is 88.0 g/mol. The highest BCUT2D eigenvalue weighted by atomic mass is 32.2. The van der Waals surface area contributed by atoms with Crippen LogP contribution >= 0.6 is 11.9 Å². The Balaban J connectivity index is 2.08. The molecule has 1 saturated heterocycles. The lowest BCUT2D eigenvalue weighted by Gasteiger charge is -1.75. The third-order valence-corrected chi connectivity index (χ3v) is 1.30. The molecular formula is C3H6NS. The number of nitrogens with one attached hydrogen (secondary N) is 1. The number of hydrogen-bond donors (Lipinski definition) is 1. The van der Waals surface area contributed by atoms with E-state index in [-0.39, 0.29) is 0 Å². The van der Waals surface area contributed by atoms with E-state index < -0.39 is 0 Å². The third kappa shape index (κ3) is 0.816. The zero-order valence-electron chi connectivity index (χ0n) is 2.90. The molecule has 1 rings (SSSR count). The average molecular weight is 88.2 g/mol. The Morgan fingerprint density at radius 2 is 2.80 bits per heavy atom. The van der Waals surface area contributed by atoms with Crippen LogP contribution in [-0.2, 0) is 0 Å². The van der Waals surface area contributed by atoms with Crippen molar-refractivity contribution in [2.24, 2.45) is 0 Å². The van der Waals surface area contributed by atoms with Crippen LogP contribution in [0.3, 0.4) is 0 Å². The topological polar surface area (TPSA) is 12.0 Å². The summed E-state index contributed by atoms with van der Waals surface area (Å²) in [4.78, 5) is 0. The van der Waals surface area contributed by atoms with E-state index in [2.05, 4.69) is 11.1 Å². The molecule has 1 heterocycles. The lowest BCUT2D eigenvalue weighted by molar-refractivity contribution is 1.10. The molecule has 1 aliphatic rings. The van der Waals surface area contributed by atoms with Crippen molar-refractivity contribution in [1.82, 2.24) is 4.72 Å². The molecule has 1 radical (unpaired) electrons. The predicted molar refractivity (Wildman–Crippen MR) is 24.8 cm³/mol. The molecule has 0 aliphatic carbocycles. The molecule has 0 aromatic rings. The first-order valence-corrected chi connectivity index (χ1v) is 2.65. The third-order valence-electron chi connectivity index (χ3n) is 0.531. The van der Waals surface area contributed by atoms with Crippen molar-refractivity contribution >= 4 is 11.9 Å². The molecule has 0 amide bonds. The van der Waals surface area contributed by atoms with Crippen molar-refractivity contribution in [2.45, 2.75) is 0 Å². The van der Waals surface area contributed by atoms with Gasteiger partial charge in [0.15, 0.2) is 0 Å². The Hall–Kier alpha value is 0.310. The van der Waals surface area contributed by atoms with Crippen molar-refractivity contribution in [3.63, 3.8) is 0 Å². The lowest BCUT2D eigenvalue weighted by Crippen LogP contribution is -1.92. The Bertz CT molecular complexity index is 18.5. The molecule has 0 aromatic heterocycles. The minimum atomic E-state index is 1.09. The number of hydrogen-bond acceptors (Lipinski definition) is 2. The molecule has 0 atom stereocenters. The van der Waals surface area contributed by atoms with Crippen molar-refractivity contribution in [3.8, 4) is 0 Å². The van der Waals surface area contributed by atoms with Crippen LogP contribution in [0.5, 0.6) is 0 Å². The average Bonchev–Trinajstić information content (AvgIpc) is 1.76. The van der Waals surface area contributed by atoms with Gasteiger partial charge in [-0.3, -0.25) is 4.72 Å². The van der Waals surface area contributed by atoms with Crippen molar-refractivity contribution in [3.05, 3.63) is 6.42 Å². The largest absolute Gasteiger partial charge is 0.264 e. The molecule has 2 heteroatoms. The van der Waals surface area contributed by atoms with Crippen molar-refractivity contribution < 1.29 is 0 Å². The number of rotatable bonds is 0. The molecule has 1 aliphatic heterocycles. The molecule has 0 bridgehead atoms. The van der Waals surface area contributed by atoms with Gasteiger partial charge in [0.2, 0.25) is 0 Å². The van der Waals surface area contributed by atoms with E-state index in [9.17, 15) is 0 Å². The second kappa shape index (κ2) is 1.67. The fraction of sp³-hybridized carbons (Fsp3) is 0.667. The maximum atomic E-state index is 3.08. The van der Waals surface area contributed by atoms with E-state index in [1.807, 2.05) is 0 Å². The summed E-state index contributed by atoms with van der Waals surface area (Å²) >= 11 is 1.77. The van der Waals surface area contributed by atoms with Crippen molar-refractivity contribution in [2.75, 3.05) is 12.3 Å². The summed E-state index contributed by atoms with van der Waals surface area (Å²) in [5.41, 5.74) is 0. The highest BCUT2D eigenvalue weighted by Gasteiger charge is 1.94. The first kappa shape index (κ1) is 3.50. The standard InChI is InChI=1S/C3H6NS/c1-2-4-5-3-1/h1,4H,2-3H2. The van der Waals surface area contributed by atoms with E-state index in [0.29, 0.717) is 0 Å². The molecule has 1 nitrogen and oxygen atoms in total. The van der Waals surface area contributed by atoms with Crippen LogP contribution in [-0.4, -0.2) is 12.3 Å². The quantitative estimate of drug-likeness (QED) is 0.431. The Kier molecular flexibility index (Phi) is 1.17. The first-order valence-electron chi connectivity index (χ1n) is 1.66. The van der Waals surface area contributed by atoms with Crippen LogP contribution in [0.4, 0.5) is 0 Å². The predicted octanol–water partition coefficient (Wildman–Crippen LogP) is 0.442. The van der Waals surface area contributed by atoms with Crippen LogP contribution in [0, 0.1) is 6.42 Å². The van der Waals surface area contributed by atoms with Crippen LogP contribution in [0.2, 0.25) is 0 Å². The van der Waals surface area contributed by atoms with Crippen LogP contribution in [0.1, 0.15) is 0 Å². The molecule has 0 spiro atoms. The Morgan fingerprint density at radius 3 is 3.00 bits per heavy atom. The minimum Gasteiger partial charge on any atom is -0.264 e. The van der Waals surface area contributed by atoms with Gasteiger partial charge in [0.25, 0.3) is 0 Å². The van der Waals surface area contributed by atoms with Gasteiger partial charge in [0, 0.05) is 12.3 Å². The van der Waals surface area contributed by atoms with E-state index in [1.54, 1.807) is 11.9 Å². The van der Waals surface area contributed by atoms with Gasteiger partial charge in [-0.05, 0) is 6.42 Å². The SMILES string of the molecule is [CH]1CNSC1. The van der Waals surface area contributed by atoms with Gasteiger partial charge in [-0.2, -0.15) is 0 Å². The molecule has 1 N–H and O–H groups in total. The molecule has 0 saturated carbocycles. The van der Waals surface area contributed by atoms with E-state index >= 15 is 0 Å². The van der Waals surface area contributed by atoms with Crippen LogP contribution < -0.4 is 4.72 Å². The summed E-state index contributed by atoms with van der Waals surface area (Å²) in [5.74, 6) is 1.18. The smallest absolute Gasteiger partial charge is 0.0123 e. The fourth-order valence-corrected chi connectivity index (χ4v) is 0.884. The highest BCUT2D eigenvalue weighted by Crippen LogP contribution is 2.01. The normalized spacial score (nSPS) is 24.0. The van der Waals surface area contributed by atoms with Crippen molar-refractivity contribution in [1.29, 1.82) is 0 Å². The second-order valence-corrected chi connectivity index (χ2v) is 1.86. The highest BCUT2D eigenvalue weighted by molar-refractivity contribution is 7.97. The molecule has 0 unspecified atom stereocenters. The zero-order valence-corrected chi connectivity index (χ0v) is 3.72. The zero-order chi connectivity index (χ0) is 3.54. The van der Waals surface area contributed by atoms with Gasteiger partial charge >= 0.3 is 0 Å². The van der Waals surface area contributed by atoms with Gasteiger partial charge in [-0.25, -0.2) is 0 Å². The summed E-state index contributed by atoms with van der Waals surface area (Å²) in [6, 6.07) is 0. The van der Waals surface area contributed by atoms with Gasteiger partial charge in [-0.15, -0.1) is 0 Å². The molecule has 29 valence electrons. The van der Waals surface area contributed by atoms with E-state index in [1.165, 1.54) is 5.75 Å². The van der Waals surface area contributed by atoms with Gasteiger partial charge in [-0.1, -0.05) is 11.9 Å². The Morgan fingerprint density at radius 1 is 1.80 bits per heavy atom. The summed E-state index contributed by atoms with van der Waals surface area (Å²) in [5, 5.41) is 0. The minimum absolute atomic E-state index is 1.09. The summed E-state index contributed by atoms with van der Waals surface area (Å²) in [7, 11) is 0. The fourth-order valence-electron chi connectivity index (χ4n) is 0.295. The molecular weight excluding hydrogens is 82.1 g/mol. The van der Waals surface area contributed by atoms with Gasteiger partial charge in [0.1, 0.15) is 0 Å². The second-order valence-electron chi connectivity index (χ2n) is 0.948. The summed E-state index contributed by atoms with van der Waals surface area (Å²) < 4.78 is 3.08.